The van der Waals surface area contributed by atoms with Crippen molar-refractivity contribution in [3.63, 3.8) is 0 Å². The van der Waals surface area contributed by atoms with Crippen molar-refractivity contribution in [1.29, 1.82) is 0 Å². The van der Waals surface area contributed by atoms with E-state index in [2.05, 4.69) is 48.0 Å². The number of nitrogens with one attached hydrogen (secondary N) is 1. The molecule has 2 heterocycles. The summed E-state index contributed by atoms with van der Waals surface area (Å²) < 4.78 is 8.54. The summed E-state index contributed by atoms with van der Waals surface area (Å²) in [6, 6.07) is 11.1. The van der Waals surface area contributed by atoms with Gasteiger partial charge in [0.05, 0.1) is 12.6 Å². The molecule has 110 valence electrons. The van der Waals surface area contributed by atoms with Gasteiger partial charge in [-0.25, -0.2) is 0 Å². The first kappa shape index (κ1) is 14.6. The standard InChI is InChI=1S/C17H19NOS2/c1-4-19-13-6-5-11(2)9-12(13)17(18-3)16-10-15-14(21-16)7-8-20-15/h5-10,17-18H,4H2,1-3H3. The van der Waals surface area contributed by atoms with Crippen LogP contribution in [0.3, 0.4) is 0 Å². The van der Waals surface area contributed by atoms with Crippen LogP contribution in [-0.2, 0) is 0 Å². The Bertz CT molecular complexity index is 716. The molecule has 0 radical (unpaired) electrons. The minimum atomic E-state index is 0.177. The van der Waals surface area contributed by atoms with Gasteiger partial charge in [-0.05, 0) is 44.5 Å². The molecule has 0 aliphatic heterocycles. The van der Waals surface area contributed by atoms with E-state index in [1.54, 1.807) is 11.3 Å². The van der Waals surface area contributed by atoms with E-state index in [-0.39, 0.29) is 6.04 Å². The van der Waals surface area contributed by atoms with Gasteiger partial charge in [-0.2, -0.15) is 0 Å². The summed E-state index contributed by atoms with van der Waals surface area (Å²) in [4.78, 5) is 1.34. The predicted octanol–water partition coefficient (Wildman–Crippen LogP) is 4.98. The monoisotopic (exact) mass is 317 g/mol. The molecule has 0 amide bonds. The molecule has 0 saturated carbocycles. The zero-order chi connectivity index (χ0) is 14.8. The molecular weight excluding hydrogens is 298 g/mol. The topological polar surface area (TPSA) is 21.3 Å². The van der Waals surface area contributed by atoms with E-state index in [0.29, 0.717) is 6.61 Å². The van der Waals surface area contributed by atoms with Crippen LogP contribution in [0, 0.1) is 6.92 Å². The fraction of sp³-hybridized carbons (Fsp3) is 0.294. The molecule has 0 saturated heterocycles. The lowest BCUT2D eigenvalue weighted by Gasteiger charge is -2.19. The summed E-state index contributed by atoms with van der Waals surface area (Å²) >= 11 is 3.66. The van der Waals surface area contributed by atoms with Crippen LogP contribution in [0.2, 0.25) is 0 Å². The van der Waals surface area contributed by atoms with Crippen molar-refractivity contribution >= 4 is 32.1 Å². The summed E-state index contributed by atoms with van der Waals surface area (Å²) in [5.41, 5.74) is 2.47. The third kappa shape index (κ3) is 2.84. The predicted molar refractivity (Wildman–Crippen MR) is 93.0 cm³/mol. The molecule has 0 aliphatic rings. The van der Waals surface area contributed by atoms with Gasteiger partial charge >= 0.3 is 0 Å². The van der Waals surface area contributed by atoms with Crippen LogP contribution in [0.15, 0.2) is 35.7 Å². The van der Waals surface area contributed by atoms with Crippen molar-refractivity contribution in [3.05, 3.63) is 51.7 Å². The molecule has 0 bridgehead atoms. The van der Waals surface area contributed by atoms with E-state index in [1.807, 2.05) is 25.3 Å². The van der Waals surface area contributed by atoms with E-state index in [9.17, 15) is 0 Å². The molecule has 21 heavy (non-hydrogen) atoms. The van der Waals surface area contributed by atoms with Crippen molar-refractivity contribution in [2.75, 3.05) is 13.7 Å². The maximum atomic E-state index is 5.82. The average Bonchev–Trinajstić information content (AvgIpc) is 3.04. The molecule has 2 aromatic heterocycles. The number of ether oxygens (including phenoxy) is 1. The summed E-state index contributed by atoms with van der Waals surface area (Å²) in [5.74, 6) is 0.971. The van der Waals surface area contributed by atoms with Gasteiger partial charge in [0.15, 0.2) is 0 Å². The van der Waals surface area contributed by atoms with Crippen LogP contribution in [-0.4, -0.2) is 13.7 Å². The highest BCUT2D eigenvalue weighted by atomic mass is 32.1. The molecule has 0 fully saturated rings. The van der Waals surface area contributed by atoms with Gasteiger partial charge in [0, 0.05) is 19.8 Å². The Kier molecular flexibility index (Phi) is 4.29. The van der Waals surface area contributed by atoms with Crippen molar-refractivity contribution in [3.8, 4) is 5.75 Å². The third-order valence-electron chi connectivity index (χ3n) is 3.51. The van der Waals surface area contributed by atoms with Crippen LogP contribution in [0.25, 0.3) is 9.40 Å². The number of hydrogen-bond acceptors (Lipinski definition) is 4. The second-order valence-electron chi connectivity index (χ2n) is 4.99. The lowest BCUT2D eigenvalue weighted by molar-refractivity contribution is 0.334. The highest BCUT2D eigenvalue weighted by Gasteiger charge is 2.19. The molecule has 1 N–H and O–H groups in total. The van der Waals surface area contributed by atoms with Crippen molar-refractivity contribution in [2.45, 2.75) is 19.9 Å². The smallest absolute Gasteiger partial charge is 0.124 e. The van der Waals surface area contributed by atoms with Gasteiger partial charge < -0.3 is 10.1 Å². The highest BCUT2D eigenvalue weighted by Crippen LogP contribution is 2.38. The lowest BCUT2D eigenvalue weighted by Crippen LogP contribution is -2.17. The first-order valence-corrected chi connectivity index (χ1v) is 8.80. The molecule has 1 aromatic carbocycles. The van der Waals surface area contributed by atoms with Crippen LogP contribution >= 0.6 is 22.7 Å². The molecule has 1 unspecified atom stereocenters. The first-order valence-electron chi connectivity index (χ1n) is 7.10. The Hall–Kier alpha value is -1.36. The van der Waals surface area contributed by atoms with Crippen LogP contribution < -0.4 is 10.1 Å². The van der Waals surface area contributed by atoms with Gasteiger partial charge in [0.25, 0.3) is 0 Å². The Labute approximate surface area is 133 Å². The van der Waals surface area contributed by atoms with E-state index in [1.165, 1.54) is 25.4 Å². The lowest BCUT2D eigenvalue weighted by atomic mass is 10.0. The van der Waals surface area contributed by atoms with Crippen molar-refractivity contribution < 1.29 is 4.74 Å². The number of benzene rings is 1. The third-order valence-corrected chi connectivity index (χ3v) is 5.67. The normalized spacial score (nSPS) is 12.7. The number of fused-ring (bicyclic) bond motifs is 1. The fourth-order valence-electron chi connectivity index (χ4n) is 2.56. The van der Waals surface area contributed by atoms with Crippen LogP contribution in [0.1, 0.15) is 29.0 Å². The first-order chi connectivity index (χ1) is 10.2. The van der Waals surface area contributed by atoms with Crippen molar-refractivity contribution in [1.82, 2.24) is 5.32 Å². The molecule has 4 heteroatoms. The van der Waals surface area contributed by atoms with Crippen molar-refractivity contribution in [2.24, 2.45) is 0 Å². The minimum absolute atomic E-state index is 0.177. The van der Waals surface area contributed by atoms with Gasteiger partial charge in [-0.1, -0.05) is 17.7 Å². The average molecular weight is 317 g/mol. The number of thiophene rings is 2. The summed E-state index contributed by atoms with van der Waals surface area (Å²) in [6.45, 7) is 4.84. The highest BCUT2D eigenvalue weighted by molar-refractivity contribution is 7.27. The molecule has 0 spiro atoms. The molecule has 0 aliphatic carbocycles. The number of rotatable bonds is 5. The number of hydrogen-bond donors (Lipinski definition) is 1. The van der Waals surface area contributed by atoms with Gasteiger partial charge in [-0.3, -0.25) is 0 Å². The fourth-order valence-corrected chi connectivity index (χ4v) is 4.81. The Morgan fingerprint density at radius 1 is 1.19 bits per heavy atom. The van der Waals surface area contributed by atoms with Crippen LogP contribution in [0.5, 0.6) is 5.75 Å². The van der Waals surface area contributed by atoms with E-state index in [4.69, 9.17) is 4.74 Å². The van der Waals surface area contributed by atoms with E-state index in [0.717, 1.165) is 5.75 Å². The summed E-state index contributed by atoms with van der Waals surface area (Å²) in [7, 11) is 2.01. The zero-order valence-electron chi connectivity index (χ0n) is 12.5. The minimum Gasteiger partial charge on any atom is -0.494 e. The SMILES string of the molecule is CCOc1ccc(C)cc1C(NC)c1cc2sccc2s1. The summed E-state index contributed by atoms with van der Waals surface area (Å²) in [5, 5.41) is 5.60. The van der Waals surface area contributed by atoms with Gasteiger partial charge in [0.1, 0.15) is 5.75 Å². The quantitative estimate of drug-likeness (QED) is 0.716. The number of aryl methyl sites for hydroxylation is 1. The molecular formula is C17H19NOS2. The van der Waals surface area contributed by atoms with E-state index >= 15 is 0 Å². The maximum Gasteiger partial charge on any atom is 0.124 e. The zero-order valence-corrected chi connectivity index (χ0v) is 14.1. The second-order valence-corrected chi connectivity index (χ2v) is 7.06. The van der Waals surface area contributed by atoms with Gasteiger partial charge in [0.2, 0.25) is 0 Å². The maximum absolute atomic E-state index is 5.82. The Morgan fingerprint density at radius 3 is 2.76 bits per heavy atom. The molecule has 3 rings (SSSR count). The molecule has 3 aromatic rings. The second kappa shape index (κ2) is 6.18. The molecule has 1 atom stereocenters. The van der Waals surface area contributed by atoms with Gasteiger partial charge in [-0.15, -0.1) is 22.7 Å². The Morgan fingerprint density at radius 2 is 2.05 bits per heavy atom. The molecule has 2 nitrogen and oxygen atoms in total. The van der Waals surface area contributed by atoms with Crippen LogP contribution in [0.4, 0.5) is 0 Å². The Balaban J connectivity index is 2.06. The van der Waals surface area contributed by atoms with E-state index < -0.39 is 0 Å². The largest absolute Gasteiger partial charge is 0.494 e. The summed E-state index contributed by atoms with van der Waals surface area (Å²) in [6.07, 6.45) is 0.